The molecule has 1 aliphatic rings. The molecule has 2 aromatic rings. The van der Waals surface area contributed by atoms with Crippen LogP contribution in [0.3, 0.4) is 0 Å². The maximum Gasteiger partial charge on any atom is 0.254 e. The quantitative estimate of drug-likeness (QED) is 0.523. The highest BCUT2D eigenvalue weighted by molar-refractivity contribution is 7.99. The van der Waals surface area contributed by atoms with Crippen molar-refractivity contribution in [2.24, 2.45) is 0 Å². The summed E-state index contributed by atoms with van der Waals surface area (Å²) in [6.07, 6.45) is 2.82. The summed E-state index contributed by atoms with van der Waals surface area (Å²) in [5.41, 5.74) is 4.28. The first-order chi connectivity index (χ1) is 10.6. The molecule has 1 aliphatic carbocycles. The van der Waals surface area contributed by atoms with E-state index in [0.717, 1.165) is 42.0 Å². The van der Waals surface area contributed by atoms with Gasteiger partial charge in [-0.3, -0.25) is 4.79 Å². The van der Waals surface area contributed by atoms with Gasteiger partial charge in [-0.25, -0.2) is 4.98 Å². The first kappa shape index (κ1) is 15.2. The zero-order valence-corrected chi connectivity index (χ0v) is 13.8. The summed E-state index contributed by atoms with van der Waals surface area (Å²) < 4.78 is 5.77. The smallest absolute Gasteiger partial charge is 0.254 e. The zero-order valence-electron chi connectivity index (χ0n) is 12.9. The second-order valence-corrected chi connectivity index (χ2v) is 6.75. The Morgan fingerprint density at radius 3 is 2.77 bits per heavy atom. The van der Waals surface area contributed by atoms with E-state index < -0.39 is 0 Å². The van der Waals surface area contributed by atoms with Crippen LogP contribution in [0, 0.1) is 13.8 Å². The van der Waals surface area contributed by atoms with Crippen molar-refractivity contribution in [3.63, 3.8) is 0 Å². The minimum Gasteiger partial charge on any atom is -0.493 e. The number of aromatic nitrogens is 2. The lowest BCUT2D eigenvalue weighted by molar-refractivity contribution is 0.343. The molecule has 1 aromatic heterocycles. The van der Waals surface area contributed by atoms with E-state index in [1.807, 2.05) is 12.1 Å². The Labute approximate surface area is 134 Å². The predicted octanol–water partition coefficient (Wildman–Crippen LogP) is 3.05. The van der Waals surface area contributed by atoms with Crippen molar-refractivity contribution in [3.8, 4) is 5.75 Å². The van der Waals surface area contributed by atoms with Crippen molar-refractivity contribution in [1.29, 1.82) is 0 Å². The lowest BCUT2D eigenvalue weighted by Gasteiger charge is -2.08. The standard InChI is InChI=1S/C17H20N2O2S/c1-11-8-12(2)10-13(9-11)21-6-7-22-17-18-15-5-3-4-14(15)16(20)19-17/h8-10H,3-7H2,1-2H3,(H,18,19,20). The summed E-state index contributed by atoms with van der Waals surface area (Å²) in [6, 6.07) is 6.20. The lowest BCUT2D eigenvalue weighted by atomic mass is 10.1. The predicted molar refractivity (Wildman–Crippen MR) is 89.0 cm³/mol. The number of fused-ring (bicyclic) bond motifs is 1. The van der Waals surface area contributed by atoms with Crippen LogP contribution in [0.15, 0.2) is 28.2 Å². The van der Waals surface area contributed by atoms with Crippen molar-refractivity contribution in [2.75, 3.05) is 12.4 Å². The molecule has 0 saturated heterocycles. The molecule has 3 rings (SSSR count). The van der Waals surface area contributed by atoms with E-state index in [0.29, 0.717) is 11.8 Å². The van der Waals surface area contributed by atoms with Gasteiger partial charge in [0.15, 0.2) is 5.16 Å². The van der Waals surface area contributed by atoms with Gasteiger partial charge < -0.3 is 9.72 Å². The molecule has 1 aromatic carbocycles. The zero-order chi connectivity index (χ0) is 15.5. The second-order valence-electron chi connectivity index (χ2n) is 5.67. The number of rotatable bonds is 5. The van der Waals surface area contributed by atoms with E-state index in [1.54, 1.807) is 0 Å². The van der Waals surface area contributed by atoms with Crippen LogP contribution in [0.1, 0.15) is 28.8 Å². The van der Waals surface area contributed by atoms with Crippen LogP contribution in [0.5, 0.6) is 5.75 Å². The Kier molecular flexibility index (Phi) is 4.52. The van der Waals surface area contributed by atoms with E-state index in [2.05, 4.69) is 29.9 Å². The number of nitrogens with zero attached hydrogens (tertiary/aromatic N) is 1. The number of aryl methyl sites for hydroxylation is 3. The van der Waals surface area contributed by atoms with Crippen LogP contribution < -0.4 is 10.3 Å². The molecule has 0 fully saturated rings. The minimum atomic E-state index is 0.0280. The summed E-state index contributed by atoms with van der Waals surface area (Å²) in [5.74, 6) is 1.66. The van der Waals surface area contributed by atoms with Crippen LogP contribution in [-0.2, 0) is 12.8 Å². The van der Waals surface area contributed by atoms with E-state index >= 15 is 0 Å². The van der Waals surface area contributed by atoms with Gasteiger partial charge >= 0.3 is 0 Å². The molecular weight excluding hydrogens is 296 g/mol. The average Bonchev–Trinajstić information content (AvgIpc) is 2.91. The third-order valence-corrected chi connectivity index (χ3v) is 4.54. The monoisotopic (exact) mass is 316 g/mol. The minimum absolute atomic E-state index is 0.0280. The van der Waals surface area contributed by atoms with Gasteiger partial charge in [-0.2, -0.15) is 0 Å². The fourth-order valence-corrected chi connectivity index (χ4v) is 3.50. The van der Waals surface area contributed by atoms with Crippen molar-refractivity contribution in [3.05, 3.63) is 50.9 Å². The SMILES string of the molecule is Cc1cc(C)cc(OCCSc2nc3c(c(=O)[nH]2)CCC3)c1. The number of thioether (sulfide) groups is 1. The van der Waals surface area contributed by atoms with Crippen LogP contribution in [0.25, 0.3) is 0 Å². The third-order valence-electron chi connectivity index (χ3n) is 3.71. The van der Waals surface area contributed by atoms with Gasteiger partial charge in [0.25, 0.3) is 5.56 Å². The number of nitrogens with one attached hydrogen (secondary N) is 1. The number of H-pyrrole nitrogens is 1. The van der Waals surface area contributed by atoms with Gasteiger partial charge in [-0.15, -0.1) is 0 Å². The molecule has 1 N–H and O–H groups in total. The highest BCUT2D eigenvalue weighted by Crippen LogP contribution is 2.20. The number of aromatic amines is 1. The Hall–Kier alpha value is -1.75. The molecule has 0 atom stereocenters. The number of benzene rings is 1. The summed E-state index contributed by atoms with van der Waals surface area (Å²) in [6.45, 7) is 4.72. The Morgan fingerprint density at radius 1 is 1.23 bits per heavy atom. The molecule has 0 aliphatic heterocycles. The number of ether oxygens (including phenoxy) is 1. The molecule has 5 heteroatoms. The Bertz CT molecular complexity index is 720. The highest BCUT2D eigenvalue weighted by atomic mass is 32.2. The molecule has 0 unspecified atom stereocenters. The molecule has 0 spiro atoms. The van der Waals surface area contributed by atoms with Gasteiger partial charge in [0.1, 0.15) is 5.75 Å². The molecule has 1 heterocycles. The highest BCUT2D eigenvalue weighted by Gasteiger charge is 2.17. The van der Waals surface area contributed by atoms with Crippen LogP contribution in [0.2, 0.25) is 0 Å². The molecule has 0 bridgehead atoms. The fraction of sp³-hybridized carbons (Fsp3) is 0.412. The van der Waals surface area contributed by atoms with E-state index in [4.69, 9.17) is 4.74 Å². The first-order valence-corrected chi connectivity index (χ1v) is 8.56. The van der Waals surface area contributed by atoms with E-state index in [1.165, 1.54) is 22.9 Å². The number of hydrogen-bond donors (Lipinski definition) is 1. The lowest BCUT2D eigenvalue weighted by Crippen LogP contribution is -2.15. The van der Waals surface area contributed by atoms with Crippen molar-refractivity contribution < 1.29 is 4.74 Å². The largest absolute Gasteiger partial charge is 0.493 e. The van der Waals surface area contributed by atoms with Gasteiger partial charge in [-0.05, 0) is 56.4 Å². The summed E-state index contributed by atoms with van der Waals surface area (Å²) in [5, 5.41) is 0.703. The fourth-order valence-electron chi connectivity index (χ4n) is 2.80. The molecule has 0 radical (unpaired) electrons. The maximum absolute atomic E-state index is 11.9. The van der Waals surface area contributed by atoms with Crippen LogP contribution in [0.4, 0.5) is 0 Å². The van der Waals surface area contributed by atoms with E-state index in [-0.39, 0.29) is 5.56 Å². The maximum atomic E-state index is 11.9. The molecule has 0 amide bonds. The Balaban J connectivity index is 1.55. The molecule has 0 saturated carbocycles. The molecule has 22 heavy (non-hydrogen) atoms. The molecule has 4 nitrogen and oxygen atoms in total. The summed E-state index contributed by atoms with van der Waals surface area (Å²) >= 11 is 1.54. The topological polar surface area (TPSA) is 55.0 Å². The number of hydrogen-bond acceptors (Lipinski definition) is 4. The van der Waals surface area contributed by atoms with Gasteiger partial charge in [0.2, 0.25) is 0 Å². The van der Waals surface area contributed by atoms with Crippen molar-refractivity contribution in [2.45, 2.75) is 38.3 Å². The third kappa shape index (κ3) is 3.53. The molecular formula is C17H20N2O2S. The second kappa shape index (κ2) is 6.57. The summed E-state index contributed by atoms with van der Waals surface area (Å²) in [7, 11) is 0. The van der Waals surface area contributed by atoms with Gasteiger partial charge in [0.05, 0.1) is 12.3 Å². The van der Waals surface area contributed by atoms with E-state index in [9.17, 15) is 4.79 Å². The summed E-state index contributed by atoms with van der Waals surface area (Å²) in [4.78, 5) is 19.3. The van der Waals surface area contributed by atoms with Gasteiger partial charge in [-0.1, -0.05) is 17.8 Å². The van der Waals surface area contributed by atoms with Gasteiger partial charge in [0, 0.05) is 11.3 Å². The normalized spacial score (nSPS) is 13.2. The average molecular weight is 316 g/mol. The van der Waals surface area contributed by atoms with Crippen LogP contribution in [-0.4, -0.2) is 22.3 Å². The molecule has 116 valence electrons. The first-order valence-electron chi connectivity index (χ1n) is 7.58. The van der Waals surface area contributed by atoms with Crippen molar-refractivity contribution in [1.82, 2.24) is 9.97 Å². The van der Waals surface area contributed by atoms with Crippen molar-refractivity contribution >= 4 is 11.8 Å². The van der Waals surface area contributed by atoms with Crippen LogP contribution >= 0.6 is 11.8 Å². The Morgan fingerprint density at radius 2 is 2.00 bits per heavy atom.